The van der Waals surface area contributed by atoms with Crippen molar-refractivity contribution in [3.05, 3.63) is 46.3 Å². The van der Waals surface area contributed by atoms with Crippen molar-refractivity contribution in [2.75, 3.05) is 38.0 Å². The van der Waals surface area contributed by atoms with E-state index in [1.807, 2.05) is 11.4 Å². The summed E-state index contributed by atoms with van der Waals surface area (Å²) in [5.41, 5.74) is 1.61. The zero-order valence-corrected chi connectivity index (χ0v) is 17.1. The van der Waals surface area contributed by atoms with Crippen LogP contribution in [0.3, 0.4) is 0 Å². The van der Waals surface area contributed by atoms with Crippen molar-refractivity contribution in [3.63, 3.8) is 0 Å². The fourth-order valence-electron chi connectivity index (χ4n) is 3.29. The lowest BCUT2D eigenvalue weighted by molar-refractivity contribution is -0.116. The van der Waals surface area contributed by atoms with Crippen molar-refractivity contribution < 1.29 is 4.79 Å². The normalized spacial score (nSPS) is 15.5. The van der Waals surface area contributed by atoms with Crippen molar-refractivity contribution in [2.24, 2.45) is 0 Å². The summed E-state index contributed by atoms with van der Waals surface area (Å²) in [6, 6.07) is 12.1. The molecule has 3 aromatic rings. The first-order chi connectivity index (χ1) is 13.7. The average Bonchev–Trinajstić information content (AvgIpc) is 3.33. The second-order valence-electron chi connectivity index (χ2n) is 6.77. The maximum Gasteiger partial charge on any atom is 0.226 e. The van der Waals surface area contributed by atoms with Crippen LogP contribution < -0.4 is 5.32 Å². The Kier molecular flexibility index (Phi) is 5.98. The lowest BCUT2D eigenvalue weighted by atomic mass is 10.2. The van der Waals surface area contributed by atoms with Gasteiger partial charge in [-0.1, -0.05) is 12.1 Å². The largest absolute Gasteiger partial charge is 0.317 e. The SMILES string of the molecule is N#Cc1ccsc1NC(=O)CCN1CCN(Cc2nc3ccccc3s2)CC1. The summed E-state index contributed by atoms with van der Waals surface area (Å²) in [5, 5.41) is 15.5. The molecule has 8 heteroatoms. The maximum absolute atomic E-state index is 12.2. The third-order valence-corrected chi connectivity index (χ3v) is 6.71. The van der Waals surface area contributed by atoms with Gasteiger partial charge in [-0.2, -0.15) is 5.26 Å². The second kappa shape index (κ2) is 8.80. The lowest BCUT2D eigenvalue weighted by Crippen LogP contribution is -2.46. The molecule has 1 aliphatic rings. The number of thiazole rings is 1. The number of anilines is 1. The van der Waals surface area contributed by atoms with Crippen LogP contribution in [0.25, 0.3) is 10.2 Å². The molecule has 28 heavy (non-hydrogen) atoms. The molecule has 144 valence electrons. The van der Waals surface area contributed by atoms with Crippen LogP contribution in [0.5, 0.6) is 0 Å². The van der Waals surface area contributed by atoms with Crippen LogP contribution in [-0.4, -0.2) is 53.4 Å². The minimum absolute atomic E-state index is 0.0316. The van der Waals surface area contributed by atoms with Gasteiger partial charge in [0.15, 0.2) is 0 Å². The number of fused-ring (bicyclic) bond motifs is 1. The van der Waals surface area contributed by atoms with Crippen molar-refractivity contribution in [2.45, 2.75) is 13.0 Å². The Morgan fingerprint density at radius 3 is 2.75 bits per heavy atom. The highest BCUT2D eigenvalue weighted by atomic mass is 32.1. The van der Waals surface area contributed by atoms with E-state index in [9.17, 15) is 4.79 Å². The molecule has 1 saturated heterocycles. The van der Waals surface area contributed by atoms with Gasteiger partial charge in [-0.05, 0) is 23.6 Å². The smallest absolute Gasteiger partial charge is 0.226 e. The Hall–Kier alpha value is -2.31. The molecular weight excluding hydrogens is 390 g/mol. The number of carbonyl (C=O) groups excluding carboxylic acids is 1. The fraction of sp³-hybridized carbons (Fsp3) is 0.350. The molecular formula is C20H21N5OS2. The molecule has 0 saturated carbocycles. The van der Waals surface area contributed by atoms with Gasteiger partial charge < -0.3 is 10.2 Å². The first kappa shape index (κ1) is 19.0. The van der Waals surface area contributed by atoms with E-state index in [4.69, 9.17) is 10.2 Å². The zero-order valence-electron chi connectivity index (χ0n) is 15.4. The van der Waals surface area contributed by atoms with E-state index in [0.717, 1.165) is 44.8 Å². The van der Waals surface area contributed by atoms with Crippen LogP contribution in [0.4, 0.5) is 5.00 Å². The highest BCUT2D eigenvalue weighted by Gasteiger charge is 2.19. The van der Waals surface area contributed by atoms with Gasteiger partial charge in [0.2, 0.25) is 5.91 Å². The van der Waals surface area contributed by atoms with Gasteiger partial charge in [-0.3, -0.25) is 9.69 Å². The zero-order chi connectivity index (χ0) is 19.3. The molecule has 1 fully saturated rings. The van der Waals surface area contributed by atoms with Crippen molar-refractivity contribution >= 4 is 43.8 Å². The number of nitrogens with one attached hydrogen (secondary N) is 1. The quantitative estimate of drug-likeness (QED) is 0.673. The Bertz CT molecular complexity index is 964. The van der Waals surface area contributed by atoms with Crippen molar-refractivity contribution in [3.8, 4) is 6.07 Å². The molecule has 0 atom stereocenters. The summed E-state index contributed by atoms with van der Waals surface area (Å²) in [7, 11) is 0. The molecule has 0 unspecified atom stereocenters. The molecule has 1 amide bonds. The summed E-state index contributed by atoms with van der Waals surface area (Å²) in [4.78, 5) is 21.6. The van der Waals surface area contributed by atoms with Crippen molar-refractivity contribution in [1.29, 1.82) is 5.26 Å². The Morgan fingerprint density at radius 2 is 1.96 bits per heavy atom. The van der Waals surface area contributed by atoms with Crippen LogP contribution >= 0.6 is 22.7 Å². The number of amides is 1. The standard InChI is InChI=1S/C20H21N5OS2/c21-13-15-6-12-27-20(15)23-18(26)5-7-24-8-10-25(11-9-24)14-19-22-16-3-1-2-4-17(16)28-19/h1-4,6,12H,5,7-11,14H2,(H,23,26). The number of nitriles is 1. The summed E-state index contributed by atoms with van der Waals surface area (Å²) >= 11 is 3.16. The molecule has 1 aromatic carbocycles. The maximum atomic E-state index is 12.2. The summed E-state index contributed by atoms with van der Waals surface area (Å²) in [5.74, 6) is -0.0316. The number of para-hydroxylation sites is 1. The van der Waals surface area contributed by atoms with Crippen molar-refractivity contribution in [1.82, 2.24) is 14.8 Å². The molecule has 1 N–H and O–H groups in total. The predicted octanol–water partition coefficient (Wildman–Crippen LogP) is 3.38. The number of thiophene rings is 1. The average molecular weight is 412 g/mol. The van der Waals surface area contributed by atoms with Crippen LogP contribution in [0.15, 0.2) is 35.7 Å². The number of carbonyl (C=O) groups is 1. The van der Waals surface area contributed by atoms with E-state index in [0.29, 0.717) is 17.0 Å². The van der Waals surface area contributed by atoms with Crippen LogP contribution in [0.2, 0.25) is 0 Å². The lowest BCUT2D eigenvalue weighted by Gasteiger charge is -2.34. The summed E-state index contributed by atoms with van der Waals surface area (Å²) < 4.78 is 1.24. The van der Waals surface area contributed by atoms with Gasteiger partial charge in [-0.15, -0.1) is 22.7 Å². The number of benzene rings is 1. The second-order valence-corrected chi connectivity index (χ2v) is 8.80. The van der Waals surface area contributed by atoms with Crippen LogP contribution in [0.1, 0.15) is 17.0 Å². The molecule has 0 spiro atoms. The number of piperazine rings is 1. The highest BCUT2D eigenvalue weighted by Crippen LogP contribution is 2.23. The molecule has 0 radical (unpaired) electrons. The molecule has 0 aliphatic carbocycles. The summed E-state index contributed by atoms with van der Waals surface area (Å²) in [6.07, 6.45) is 0.445. The van der Waals surface area contributed by atoms with Gasteiger partial charge in [0, 0.05) is 39.1 Å². The molecule has 2 aromatic heterocycles. The van der Waals surface area contributed by atoms with E-state index in [1.165, 1.54) is 21.0 Å². The number of rotatable bonds is 6. The predicted molar refractivity (Wildman–Crippen MR) is 114 cm³/mol. The first-order valence-corrected chi connectivity index (χ1v) is 11.0. The van der Waals surface area contributed by atoms with Gasteiger partial charge in [0.1, 0.15) is 16.1 Å². The third kappa shape index (κ3) is 4.56. The number of hydrogen-bond acceptors (Lipinski definition) is 7. The number of hydrogen-bond donors (Lipinski definition) is 1. The molecule has 6 nitrogen and oxygen atoms in total. The topological polar surface area (TPSA) is 72.3 Å². The third-order valence-electron chi connectivity index (χ3n) is 4.86. The Labute approximate surface area is 172 Å². The molecule has 0 bridgehead atoms. The summed E-state index contributed by atoms with van der Waals surface area (Å²) in [6.45, 7) is 5.53. The Balaban J connectivity index is 1.21. The molecule has 3 heterocycles. The molecule has 4 rings (SSSR count). The number of aromatic nitrogens is 1. The van der Waals surface area contributed by atoms with E-state index >= 15 is 0 Å². The van der Waals surface area contributed by atoms with E-state index in [2.05, 4.69) is 39.4 Å². The Morgan fingerprint density at radius 1 is 1.18 bits per heavy atom. The van der Waals surface area contributed by atoms with Crippen LogP contribution in [0, 0.1) is 11.3 Å². The van der Waals surface area contributed by atoms with Crippen LogP contribution in [-0.2, 0) is 11.3 Å². The van der Waals surface area contributed by atoms with Gasteiger partial charge in [-0.25, -0.2) is 4.98 Å². The fourth-order valence-corrected chi connectivity index (χ4v) is 5.06. The monoisotopic (exact) mass is 411 g/mol. The van der Waals surface area contributed by atoms with E-state index in [-0.39, 0.29) is 5.91 Å². The van der Waals surface area contributed by atoms with Gasteiger partial charge in [0.05, 0.1) is 22.3 Å². The van der Waals surface area contributed by atoms with Gasteiger partial charge >= 0.3 is 0 Å². The molecule has 1 aliphatic heterocycles. The highest BCUT2D eigenvalue weighted by molar-refractivity contribution is 7.18. The van der Waals surface area contributed by atoms with E-state index < -0.39 is 0 Å². The first-order valence-electron chi connectivity index (χ1n) is 9.28. The van der Waals surface area contributed by atoms with Gasteiger partial charge in [0.25, 0.3) is 0 Å². The number of nitrogens with zero attached hydrogens (tertiary/aromatic N) is 4. The van der Waals surface area contributed by atoms with E-state index in [1.54, 1.807) is 17.4 Å². The minimum Gasteiger partial charge on any atom is -0.317 e. The minimum atomic E-state index is -0.0316.